The quantitative estimate of drug-likeness (QED) is 0.773. The summed E-state index contributed by atoms with van der Waals surface area (Å²) in [4.78, 5) is 45.8. The minimum atomic E-state index is -0.463. The number of aromatic amines is 1. The van der Waals surface area contributed by atoms with Crippen molar-refractivity contribution in [2.45, 2.75) is 13.0 Å². The fraction of sp³-hybridized carbons (Fsp3) is 0.200. The SMILES string of the molecule is COC(=O)c1ccc(NC(=O)CCn2[nH]c(=O)ccc2=O)cc1. The molecule has 2 N–H and O–H groups in total. The standard InChI is InChI=1S/C15H15N3O5/c1-23-15(22)10-2-4-11(5-3-10)16-12(19)8-9-18-14(21)7-6-13(20)17-18/h2-7H,8-9H2,1H3,(H,16,19)(H,17,20). The number of hydrogen-bond donors (Lipinski definition) is 2. The summed E-state index contributed by atoms with van der Waals surface area (Å²) in [5.74, 6) is -0.789. The summed E-state index contributed by atoms with van der Waals surface area (Å²) >= 11 is 0. The van der Waals surface area contributed by atoms with Gasteiger partial charge in [-0.15, -0.1) is 0 Å². The molecule has 0 radical (unpaired) electrons. The number of aryl methyl sites for hydroxylation is 1. The number of ether oxygens (including phenoxy) is 1. The zero-order valence-corrected chi connectivity index (χ0v) is 12.4. The number of benzene rings is 1. The molecule has 0 unspecified atom stereocenters. The maximum atomic E-state index is 11.8. The zero-order chi connectivity index (χ0) is 16.8. The number of H-pyrrole nitrogens is 1. The molecule has 0 saturated heterocycles. The fourth-order valence-electron chi connectivity index (χ4n) is 1.87. The van der Waals surface area contributed by atoms with E-state index in [1.165, 1.54) is 19.2 Å². The first-order chi connectivity index (χ1) is 11.0. The van der Waals surface area contributed by atoms with E-state index in [2.05, 4.69) is 15.2 Å². The number of nitrogens with one attached hydrogen (secondary N) is 2. The summed E-state index contributed by atoms with van der Waals surface area (Å²) in [6.07, 6.45) is 0.0125. The Labute approximate surface area is 130 Å². The van der Waals surface area contributed by atoms with Crippen LogP contribution in [0.1, 0.15) is 16.8 Å². The molecule has 0 atom stereocenters. The Kier molecular flexibility index (Phi) is 5.08. The first-order valence-corrected chi connectivity index (χ1v) is 6.78. The van der Waals surface area contributed by atoms with Crippen molar-refractivity contribution in [3.8, 4) is 0 Å². The second-order valence-corrected chi connectivity index (χ2v) is 4.67. The second kappa shape index (κ2) is 7.21. The maximum absolute atomic E-state index is 11.8. The van der Waals surface area contributed by atoms with Crippen LogP contribution in [0.4, 0.5) is 5.69 Å². The lowest BCUT2D eigenvalue weighted by Gasteiger charge is -2.07. The molecule has 1 amide bonds. The van der Waals surface area contributed by atoms with Crippen LogP contribution in [-0.2, 0) is 16.1 Å². The molecule has 2 rings (SSSR count). The maximum Gasteiger partial charge on any atom is 0.337 e. The lowest BCUT2D eigenvalue weighted by Crippen LogP contribution is -2.29. The molecule has 0 saturated carbocycles. The van der Waals surface area contributed by atoms with Gasteiger partial charge in [-0.3, -0.25) is 19.5 Å². The Hall–Kier alpha value is -3.16. The monoisotopic (exact) mass is 317 g/mol. The van der Waals surface area contributed by atoms with Gasteiger partial charge in [-0.2, -0.15) is 0 Å². The van der Waals surface area contributed by atoms with Gasteiger partial charge >= 0.3 is 5.97 Å². The van der Waals surface area contributed by atoms with Crippen molar-refractivity contribution in [3.05, 3.63) is 62.7 Å². The minimum absolute atomic E-state index is 0.0125. The number of carbonyl (C=O) groups excluding carboxylic acids is 2. The lowest BCUT2D eigenvalue weighted by atomic mass is 10.2. The lowest BCUT2D eigenvalue weighted by molar-refractivity contribution is -0.116. The number of nitrogens with zero attached hydrogens (tertiary/aromatic N) is 1. The number of rotatable bonds is 5. The van der Waals surface area contributed by atoms with Gasteiger partial charge in [0.15, 0.2) is 0 Å². The molecular weight excluding hydrogens is 302 g/mol. The normalized spacial score (nSPS) is 10.1. The van der Waals surface area contributed by atoms with Crippen molar-refractivity contribution in [2.75, 3.05) is 12.4 Å². The van der Waals surface area contributed by atoms with Crippen LogP contribution in [0.3, 0.4) is 0 Å². The first-order valence-electron chi connectivity index (χ1n) is 6.78. The molecule has 2 aromatic rings. The Morgan fingerprint density at radius 2 is 1.83 bits per heavy atom. The third kappa shape index (κ3) is 4.40. The molecule has 1 aromatic carbocycles. The van der Waals surface area contributed by atoms with Gasteiger partial charge in [0.25, 0.3) is 11.1 Å². The van der Waals surface area contributed by atoms with Gasteiger partial charge in [-0.1, -0.05) is 0 Å². The van der Waals surface area contributed by atoms with Crippen molar-refractivity contribution in [2.24, 2.45) is 0 Å². The highest BCUT2D eigenvalue weighted by atomic mass is 16.5. The largest absolute Gasteiger partial charge is 0.465 e. The van der Waals surface area contributed by atoms with Gasteiger partial charge in [0, 0.05) is 24.2 Å². The topological polar surface area (TPSA) is 110 Å². The molecule has 0 aliphatic carbocycles. The smallest absolute Gasteiger partial charge is 0.337 e. The Bertz CT molecular complexity index is 820. The highest BCUT2D eigenvalue weighted by Crippen LogP contribution is 2.10. The van der Waals surface area contributed by atoms with E-state index in [0.29, 0.717) is 11.3 Å². The average molecular weight is 317 g/mol. The molecule has 0 fully saturated rings. The summed E-state index contributed by atoms with van der Waals surface area (Å²) in [5.41, 5.74) is 0.0821. The van der Waals surface area contributed by atoms with Crippen LogP contribution in [0.15, 0.2) is 46.0 Å². The van der Waals surface area contributed by atoms with Crippen molar-refractivity contribution in [3.63, 3.8) is 0 Å². The van der Waals surface area contributed by atoms with E-state index in [1.807, 2.05) is 0 Å². The van der Waals surface area contributed by atoms with Crippen LogP contribution in [0.25, 0.3) is 0 Å². The number of carbonyl (C=O) groups is 2. The molecule has 0 spiro atoms. The summed E-state index contributed by atoms with van der Waals surface area (Å²) in [6.45, 7) is 0.0565. The van der Waals surface area contributed by atoms with E-state index >= 15 is 0 Å². The molecule has 0 bridgehead atoms. The number of anilines is 1. The van der Waals surface area contributed by atoms with E-state index < -0.39 is 11.5 Å². The Morgan fingerprint density at radius 3 is 2.48 bits per heavy atom. The van der Waals surface area contributed by atoms with Crippen molar-refractivity contribution >= 4 is 17.6 Å². The molecule has 8 nitrogen and oxygen atoms in total. The Balaban J connectivity index is 1.94. The predicted octanol–water partition coefficient (Wildman–Crippen LogP) is 0.352. The van der Waals surface area contributed by atoms with E-state index in [9.17, 15) is 19.2 Å². The highest BCUT2D eigenvalue weighted by molar-refractivity contribution is 5.92. The van der Waals surface area contributed by atoms with Crippen LogP contribution in [0.2, 0.25) is 0 Å². The van der Waals surface area contributed by atoms with Gasteiger partial charge in [-0.05, 0) is 24.3 Å². The molecule has 23 heavy (non-hydrogen) atoms. The summed E-state index contributed by atoms with van der Waals surface area (Å²) in [5, 5.41) is 4.97. The molecular formula is C15H15N3O5. The minimum Gasteiger partial charge on any atom is -0.465 e. The number of methoxy groups -OCH3 is 1. The van der Waals surface area contributed by atoms with Crippen LogP contribution in [0.5, 0.6) is 0 Å². The summed E-state index contributed by atoms with van der Waals surface area (Å²) in [6, 6.07) is 8.47. The van der Waals surface area contributed by atoms with Crippen molar-refractivity contribution < 1.29 is 14.3 Å². The number of hydrogen-bond acceptors (Lipinski definition) is 5. The average Bonchev–Trinajstić information content (AvgIpc) is 2.55. The number of esters is 1. The number of aromatic nitrogens is 2. The van der Waals surface area contributed by atoms with Gasteiger partial charge in [0.05, 0.1) is 19.2 Å². The number of amides is 1. The van der Waals surface area contributed by atoms with Crippen LogP contribution in [-0.4, -0.2) is 28.8 Å². The summed E-state index contributed by atoms with van der Waals surface area (Å²) in [7, 11) is 1.29. The third-order valence-corrected chi connectivity index (χ3v) is 3.04. The molecule has 120 valence electrons. The molecule has 0 aliphatic rings. The molecule has 0 aliphatic heterocycles. The fourth-order valence-corrected chi connectivity index (χ4v) is 1.87. The molecule has 8 heteroatoms. The molecule has 1 heterocycles. The van der Waals surface area contributed by atoms with Gasteiger partial charge in [0.2, 0.25) is 5.91 Å². The van der Waals surface area contributed by atoms with Crippen molar-refractivity contribution in [1.82, 2.24) is 9.78 Å². The van der Waals surface area contributed by atoms with E-state index in [1.54, 1.807) is 12.1 Å². The van der Waals surface area contributed by atoms with Gasteiger partial charge in [0.1, 0.15) is 0 Å². The van der Waals surface area contributed by atoms with Gasteiger partial charge in [-0.25, -0.2) is 9.48 Å². The van der Waals surface area contributed by atoms with Crippen LogP contribution < -0.4 is 16.4 Å². The molecule has 1 aromatic heterocycles. The first kappa shape index (κ1) is 16.2. The van der Waals surface area contributed by atoms with E-state index in [-0.39, 0.29) is 24.4 Å². The van der Waals surface area contributed by atoms with Crippen LogP contribution >= 0.6 is 0 Å². The second-order valence-electron chi connectivity index (χ2n) is 4.67. The van der Waals surface area contributed by atoms with Gasteiger partial charge < -0.3 is 10.1 Å². The van der Waals surface area contributed by atoms with E-state index in [0.717, 1.165) is 16.8 Å². The predicted molar refractivity (Wildman–Crippen MR) is 82.4 cm³/mol. The zero-order valence-electron chi connectivity index (χ0n) is 12.4. The Morgan fingerprint density at radius 1 is 1.13 bits per heavy atom. The highest BCUT2D eigenvalue weighted by Gasteiger charge is 2.07. The van der Waals surface area contributed by atoms with Crippen LogP contribution in [0, 0.1) is 0 Å². The van der Waals surface area contributed by atoms with Crippen molar-refractivity contribution in [1.29, 1.82) is 0 Å². The van der Waals surface area contributed by atoms with E-state index in [4.69, 9.17) is 0 Å². The third-order valence-electron chi connectivity index (χ3n) is 3.04. The summed E-state index contributed by atoms with van der Waals surface area (Å²) < 4.78 is 5.65.